The summed E-state index contributed by atoms with van der Waals surface area (Å²) in [5.74, 6) is 0.486. The zero-order chi connectivity index (χ0) is 12.8. The average Bonchev–Trinajstić information content (AvgIpc) is 2.31. The van der Waals surface area contributed by atoms with E-state index in [0.717, 1.165) is 5.56 Å². The molecule has 0 saturated carbocycles. The molecule has 0 aromatic heterocycles. The Labute approximate surface area is 105 Å². The summed E-state index contributed by atoms with van der Waals surface area (Å²) in [5.41, 5.74) is 1.37. The van der Waals surface area contributed by atoms with Crippen LogP contribution in [0.25, 0.3) is 0 Å². The number of methoxy groups -OCH3 is 1. The maximum absolute atomic E-state index is 11.4. The smallest absolute Gasteiger partial charge is 0.319 e. The van der Waals surface area contributed by atoms with Gasteiger partial charge in [0.05, 0.1) is 19.4 Å². The van der Waals surface area contributed by atoms with E-state index in [2.05, 4.69) is 10.6 Å². The first-order valence-electron chi connectivity index (χ1n) is 5.08. The summed E-state index contributed by atoms with van der Waals surface area (Å²) in [7, 11) is 1.50. The average molecular weight is 259 g/mol. The van der Waals surface area contributed by atoms with Gasteiger partial charge in [-0.15, -0.1) is 0 Å². The Hall–Kier alpha value is -1.46. The minimum atomic E-state index is -0.404. The fourth-order valence-electron chi connectivity index (χ4n) is 1.27. The molecule has 1 aromatic carbocycles. The largest absolute Gasteiger partial charge is 0.495 e. The van der Waals surface area contributed by atoms with Crippen LogP contribution in [0.1, 0.15) is 5.56 Å². The van der Waals surface area contributed by atoms with Crippen molar-refractivity contribution in [3.63, 3.8) is 0 Å². The van der Waals surface area contributed by atoms with Crippen LogP contribution in [0.2, 0.25) is 5.02 Å². The van der Waals surface area contributed by atoms with Gasteiger partial charge in [0.1, 0.15) is 5.75 Å². The standard InChI is InChI=1S/C11H15ClN2O3/c1-7-5-9(10(17-2)6-8(7)12)14-11(16)13-3-4-15/h5-6,15H,3-4H2,1-2H3,(H2,13,14,16). The maximum Gasteiger partial charge on any atom is 0.319 e. The number of rotatable bonds is 4. The highest BCUT2D eigenvalue weighted by Crippen LogP contribution is 2.30. The summed E-state index contributed by atoms with van der Waals surface area (Å²) < 4.78 is 5.11. The lowest BCUT2D eigenvalue weighted by Gasteiger charge is -2.12. The van der Waals surface area contributed by atoms with Crippen LogP contribution >= 0.6 is 11.6 Å². The van der Waals surface area contributed by atoms with Gasteiger partial charge < -0.3 is 20.5 Å². The highest BCUT2D eigenvalue weighted by atomic mass is 35.5. The first-order valence-corrected chi connectivity index (χ1v) is 5.46. The number of aliphatic hydroxyl groups excluding tert-OH is 1. The fraction of sp³-hybridized carbons (Fsp3) is 0.364. The third-order valence-electron chi connectivity index (χ3n) is 2.13. The Bertz CT molecular complexity index is 410. The molecule has 0 spiro atoms. The van der Waals surface area contributed by atoms with Gasteiger partial charge in [0.2, 0.25) is 0 Å². The molecule has 0 radical (unpaired) electrons. The van der Waals surface area contributed by atoms with Crippen LogP contribution < -0.4 is 15.4 Å². The zero-order valence-corrected chi connectivity index (χ0v) is 10.5. The third kappa shape index (κ3) is 3.80. The number of aliphatic hydroxyl groups is 1. The molecular weight excluding hydrogens is 244 g/mol. The zero-order valence-electron chi connectivity index (χ0n) is 9.71. The first-order chi connectivity index (χ1) is 8.08. The van der Waals surface area contributed by atoms with Crippen molar-refractivity contribution < 1.29 is 14.6 Å². The number of carbonyl (C=O) groups is 1. The normalized spacial score (nSPS) is 9.88. The first kappa shape index (κ1) is 13.6. The monoisotopic (exact) mass is 258 g/mol. The highest BCUT2D eigenvalue weighted by molar-refractivity contribution is 6.31. The van der Waals surface area contributed by atoms with E-state index in [9.17, 15) is 4.79 Å². The van der Waals surface area contributed by atoms with Gasteiger partial charge >= 0.3 is 6.03 Å². The van der Waals surface area contributed by atoms with Crippen LogP contribution in [0, 0.1) is 6.92 Å². The van der Waals surface area contributed by atoms with Crippen LogP contribution in [-0.4, -0.2) is 31.4 Å². The van der Waals surface area contributed by atoms with E-state index in [-0.39, 0.29) is 13.2 Å². The number of amides is 2. The summed E-state index contributed by atoms with van der Waals surface area (Å²) in [5, 5.41) is 14.2. The van der Waals surface area contributed by atoms with Crippen LogP contribution in [0.15, 0.2) is 12.1 Å². The van der Waals surface area contributed by atoms with Crippen molar-refractivity contribution in [2.24, 2.45) is 0 Å². The molecule has 2 amide bonds. The minimum Gasteiger partial charge on any atom is -0.495 e. The van der Waals surface area contributed by atoms with E-state index in [1.54, 1.807) is 12.1 Å². The number of hydrogen-bond donors (Lipinski definition) is 3. The van der Waals surface area contributed by atoms with E-state index < -0.39 is 6.03 Å². The number of aryl methyl sites for hydroxylation is 1. The molecule has 0 bridgehead atoms. The SMILES string of the molecule is COc1cc(Cl)c(C)cc1NC(=O)NCCO. The molecule has 5 nitrogen and oxygen atoms in total. The van der Waals surface area contributed by atoms with Gasteiger partial charge in [0, 0.05) is 17.6 Å². The van der Waals surface area contributed by atoms with Crippen LogP contribution in [0.4, 0.5) is 10.5 Å². The second-order valence-corrected chi connectivity index (χ2v) is 3.81. The Morgan fingerprint density at radius 2 is 2.24 bits per heavy atom. The van der Waals surface area contributed by atoms with Crippen molar-refractivity contribution in [2.45, 2.75) is 6.92 Å². The summed E-state index contributed by atoms with van der Waals surface area (Å²) in [6.45, 7) is 1.92. The van der Waals surface area contributed by atoms with Crippen molar-refractivity contribution >= 4 is 23.3 Å². The number of benzene rings is 1. The number of halogens is 1. The molecule has 17 heavy (non-hydrogen) atoms. The molecular formula is C11H15ClN2O3. The fourth-order valence-corrected chi connectivity index (χ4v) is 1.42. The molecule has 0 saturated heterocycles. The Balaban J connectivity index is 2.82. The topological polar surface area (TPSA) is 70.6 Å². The predicted molar refractivity (Wildman–Crippen MR) is 66.8 cm³/mol. The van der Waals surface area contributed by atoms with E-state index in [0.29, 0.717) is 16.5 Å². The highest BCUT2D eigenvalue weighted by Gasteiger charge is 2.09. The van der Waals surface area contributed by atoms with Crippen molar-refractivity contribution in [3.8, 4) is 5.75 Å². The van der Waals surface area contributed by atoms with Crippen molar-refractivity contribution in [1.82, 2.24) is 5.32 Å². The maximum atomic E-state index is 11.4. The molecule has 3 N–H and O–H groups in total. The number of ether oxygens (including phenoxy) is 1. The number of nitrogens with one attached hydrogen (secondary N) is 2. The molecule has 6 heteroatoms. The quantitative estimate of drug-likeness (QED) is 0.771. The number of carbonyl (C=O) groups excluding carboxylic acids is 1. The van der Waals surface area contributed by atoms with E-state index >= 15 is 0 Å². The van der Waals surface area contributed by atoms with Crippen molar-refractivity contribution in [2.75, 3.05) is 25.6 Å². The van der Waals surface area contributed by atoms with Crippen molar-refractivity contribution in [1.29, 1.82) is 0 Å². The van der Waals surface area contributed by atoms with Gasteiger partial charge in [0.15, 0.2) is 0 Å². The Kier molecular flexibility index (Phi) is 5.06. The van der Waals surface area contributed by atoms with E-state index in [4.69, 9.17) is 21.4 Å². The lowest BCUT2D eigenvalue weighted by Crippen LogP contribution is -2.31. The summed E-state index contributed by atoms with van der Waals surface area (Å²) >= 11 is 5.94. The Morgan fingerprint density at radius 3 is 2.82 bits per heavy atom. The van der Waals surface area contributed by atoms with Gasteiger partial charge in [-0.05, 0) is 18.6 Å². The number of anilines is 1. The second-order valence-electron chi connectivity index (χ2n) is 3.41. The molecule has 1 rings (SSSR count). The van der Waals surface area contributed by atoms with Crippen molar-refractivity contribution in [3.05, 3.63) is 22.7 Å². The molecule has 0 unspecified atom stereocenters. The van der Waals surface area contributed by atoms with Gasteiger partial charge in [-0.2, -0.15) is 0 Å². The molecule has 94 valence electrons. The van der Waals surface area contributed by atoms with E-state index in [1.807, 2.05) is 6.92 Å². The molecule has 0 aliphatic carbocycles. The molecule has 1 aromatic rings. The second kappa shape index (κ2) is 6.32. The third-order valence-corrected chi connectivity index (χ3v) is 2.53. The lowest BCUT2D eigenvalue weighted by atomic mass is 10.2. The van der Waals surface area contributed by atoms with Crippen LogP contribution in [0.5, 0.6) is 5.75 Å². The molecule has 0 aliphatic heterocycles. The lowest BCUT2D eigenvalue weighted by molar-refractivity contribution is 0.244. The predicted octanol–water partition coefficient (Wildman–Crippen LogP) is 1.77. The van der Waals surface area contributed by atoms with Gasteiger partial charge in [-0.1, -0.05) is 11.6 Å². The van der Waals surface area contributed by atoms with E-state index in [1.165, 1.54) is 7.11 Å². The van der Waals surface area contributed by atoms with Crippen LogP contribution in [-0.2, 0) is 0 Å². The van der Waals surface area contributed by atoms with Crippen LogP contribution in [0.3, 0.4) is 0 Å². The number of hydrogen-bond acceptors (Lipinski definition) is 3. The van der Waals surface area contributed by atoms with Gasteiger partial charge in [0.25, 0.3) is 0 Å². The van der Waals surface area contributed by atoms with Gasteiger partial charge in [-0.3, -0.25) is 0 Å². The Morgan fingerprint density at radius 1 is 1.53 bits per heavy atom. The summed E-state index contributed by atoms with van der Waals surface area (Å²) in [6.07, 6.45) is 0. The minimum absolute atomic E-state index is 0.107. The molecule has 0 fully saturated rings. The molecule has 0 atom stereocenters. The summed E-state index contributed by atoms with van der Waals surface area (Å²) in [6, 6.07) is 2.96. The number of urea groups is 1. The molecule has 0 heterocycles. The summed E-state index contributed by atoms with van der Waals surface area (Å²) in [4.78, 5) is 11.4. The van der Waals surface area contributed by atoms with Gasteiger partial charge in [-0.25, -0.2) is 4.79 Å². The molecule has 0 aliphatic rings.